The van der Waals surface area contributed by atoms with Crippen molar-refractivity contribution in [1.82, 2.24) is 10.3 Å². The Kier molecular flexibility index (Phi) is 5.92. The van der Waals surface area contributed by atoms with Crippen LogP contribution in [0.15, 0.2) is 33.2 Å². The summed E-state index contributed by atoms with van der Waals surface area (Å²) in [5, 5.41) is 11.1. The number of hydrogen-bond donors (Lipinski definition) is 2. The van der Waals surface area contributed by atoms with Crippen molar-refractivity contribution in [2.45, 2.75) is 26.2 Å². The lowest BCUT2D eigenvalue weighted by Gasteiger charge is -2.01. The van der Waals surface area contributed by atoms with Crippen LogP contribution < -0.4 is 5.32 Å². The molecule has 0 radical (unpaired) electrons. The number of benzene rings is 1. The van der Waals surface area contributed by atoms with Crippen LogP contribution in [0.25, 0.3) is 11.3 Å². The topological polar surface area (TPSA) is 92.4 Å². The first-order valence-electron chi connectivity index (χ1n) is 7.16. The van der Waals surface area contributed by atoms with Crippen LogP contribution in [0.2, 0.25) is 0 Å². The van der Waals surface area contributed by atoms with Crippen molar-refractivity contribution in [3.8, 4) is 11.3 Å². The molecule has 122 valence electrons. The summed E-state index contributed by atoms with van der Waals surface area (Å²) in [5.41, 5.74) is 1.70. The number of aromatic nitrogens is 1. The van der Waals surface area contributed by atoms with E-state index in [1.54, 1.807) is 0 Å². The van der Waals surface area contributed by atoms with Gasteiger partial charge in [-0.05, 0) is 19.1 Å². The van der Waals surface area contributed by atoms with Crippen LogP contribution in [0.5, 0.6) is 0 Å². The molecule has 1 aromatic heterocycles. The number of carboxylic acids is 1. The van der Waals surface area contributed by atoms with E-state index in [2.05, 4.69) is 26.2 Å². The van der Waals surface area contributed by atoms with Crippen LogP contribution in [0.1, 0.15) is 24.4 Å². The molecule has 1 aromatic carbocycles. The summed E-state index contributed by atoms with van der Waals surface area (Å²) in [5.74, 6) is 0.0349. The van der Waals surface area contributed by atoms with Crippen LogP contribution >= 0.6 is 15.9 Å². The van der Waals surface area contributed by atoms with Gasteiger partial charge in [-0.3, -0.25) is 9.59 Å². The summed E-state index contributed by atoms with van der Waals surface area (Å²) < 4.78 is 6.72. The molecule has 2 N–H and O–H groups in total. The van der Waals surface area contributed by atoms with Gasteiger partial charge in [-0.1, -0.05) is 28.1 Å². The van der Waals surface area contributed by atoms with E-state index in [0.29, 0.717) is 18.1 Å². The Balaban J connectivity index is 1.92. The fourth-order valence-electron chi connectivity index (χ4n) is 2.05. The third-order valence-corrected chi connectivity index (χ3v) is 3.70. The van der Waals surface area contributed by atoms with Gasteiger partial charge in [0.2, 0.25) is 5.91 Å². The molecule has 0 unspecified atom stereocenters. The summed E-state index contributed by atoms with van der Waals surface area (Å²) in [7, 11) is 0. The highest BCUT2D eigenvalue weighted by molar-refractivity contribution is 9.10. The zero-order valence-electron chi connectivity index (χ0n) is 12.6. The van der Waals surface area contributed by atoms with Crippen molar-refractivity contribution in [3.63, 3.8) is 0 Å². The number of rotatable bonds is 7. The molecule has 6 nitrogen and oxygen atoms in total. The molecule has 23 heavy (non-hydrogen) atoms. The summed E-state index contributed by atoms with van der Waals surface area (Å²) in [6, 6.07) is 7.71. The van der Waals surface area contributed by atoms with E-state index in [0.717, 1.165) is 15.7 Å². The monoisotopic (exact) mass is 380 g/mol. The van der Waals surface area contributed by atoms with E-state index in [9.17, 15) is 9.59 Å². The maximum Gasteiger partial charge on any atom is 0.305 e. The molecular weight excluding hydrogens is 364 g/mol. The van der Waals surface area contributed by atoms with Crippen LogP contribution in [0, 0.1) is 6.92 Å². The highest BCUT2D eigenvalue weighted by atomic mass is 79.9. The van der Waals surface area contributed by atoms with Gasteiger partial charge in [-0.2, -0.15) is 0 Å². The molecule has 1 heterocycles. The van der Waals surface area contributed by atoms with Gasteiger partial charge >= 0.3 is 5.97 Å². The normalized spacial score (nSPS) is 10.5. The molecule has 0 aliphatic heterocycles. The third kappa shape index (κ3) is 5.21. The molecule has 0 aliphatic rings. The number of amides is 1. The lowest BCUT2D eigenvalue weighted by Crippen LogP contribution is -2.26. The first-order valence-corrected chi connectivity index (χ1v) is 7.95. The predicted octanol–water partition coefficient (Wildman–Crippen LogP) is 2.94. The summed E-state index contributed by atoms with van der Waals surface area (Å²) in [6.07, 6.45) is 0.493. The van der Waals surface area contributed by atoms with Gasteiger partial charge in [0.15, 0.2) is 11.7 Å². The molecule has 0 spiro atoms. The number of nitrogens with zero attached hydrogens (tertiary/aromatic N) is 1. The standard InChI is InChI=1S/C16H17BrN2O4/c1-10-16(11-2-4-12(17)5-3-11)23-14(19-10)7-6-13(20)18-9-8-15(21)22/h2-5H,6-9H2,1H3,(H,18,20)(H,21,22). The quantitative estimate of drug-likeness (QED) is 0.770. The first-order chi connectivity index (χ1) is 11.0. The van der Waals surface area contributed by atoms with Gasteiger partial charge in [0.25, 0.3) is 0 Å². The average Bonchev–Trinajstić information content (AvgIpc) is 2.87. The van der Waals surface area contributed by atoms with Crippen LogP contribution in [0.4, 0.5) is 0 Å². The molecule has 0 bridgehead atoms. The van der Waals surface area contributed by atoms with E-state index >= 15 is 0 Å². The van der Waals surface area contributed by atoms with E-state index in [1.165, 1.54) is 0 Å². The van der Waals surface area contributed by atoms with Gasteiger partial charge < -0.3 is 14.8 Å². The van der Waals surface area contributed by atoms with Crippen molar-refractivity contribution in [3.05, 3.63) is 40.3 Å². The Labute approximate surface area is 142 Å². The number of carbonyl (C=O) groups excluding carboxylic acids is 1. The summed E-state index contributed by atoms with van der Waals surface area (Å²) in [4.78, 5) is 26.3. The van der Waals surface area contributed by atoms with Gasteiger partial charge in [0, 0.05) is 29.4 Å². The second-order valence-corrected chi connectivity index (χ2v) is 5.94. The second-order valence-electron chi connectivity index (χ2n) is 5.02. The predicted molar refractivity (Wildman–Crippen MR) is 88.0 cm³/mol. The number of carbonyl (C=O) groups is 2. The molecule has 0 aliphatic carbocycles. The second kappa shape index (κ2) is 7.92. The Bertz CT molecular complexity index is 695. The lowest BCUT2D eigenvalue weighted by atomic mass is 10.1. The summed E-state index contributed by atoms with van der Waals surface area (Å²) in [6.45, 7) is 1.99. The summed E-state index contributed by atoms with van der Waals surface area (Å²) >= 11 is 3.38. The van der Waals surface area contributed by atoms with Gasteiger partial charge in [-0.25, -0.2) is 4.98 Å². The molecule has 2 aromatic rings. The highest BCUT2D eigenvalue weighted by Gasteiger charge is 2.13. The highest BCUT2D eigenvalue weighted by Crippen LogP contribution is 2.26. The first kappa shape index (κ1) is 17.2. The van der Waals surface area contributed by atoms with E-state index < -0.39 is 5.97 Å². The molecule has 0 atom stereocenters. The number of carboxylic acid groups (broad SMARTS) is 1. The van der Waals surface area contributed by atoms with Crippen molar-refractivity contribution in [1.29, 1.82) is 0 Å². The molecule has 0 saturated heterocycles. The van der Waals surface area contributed by atoms with E-state index in [4.69, 9.17) is 9.52 Å². The molecule has 2 rings (SSSR count). The van der Waals surface area contributed by atoms with Crippen molar-refractivity contribution in [2.75, 3.05) is 6.54 Å². The number of hydrogen-bond acceptors (Lipinski definition) is 4. The molecule has 0 saturated carbocycles. The maximum absolute atomic E-state index is 11.6. The Hall–Kier alpha value is -2.15. The van der Waals surface area contributed by atoms with E-state index in [-0.39, 0.29) is 25.3 Å². The van der Waals surface area contributed by atoms with Gasteiger partial charge in [0.05, 0.1) is 12.1 Å². The number of aliphatic carboxylic acids is 1. The number of oxazole rings is 1. The number of aryl methyl sites for hydroxylation is 2. The zero-order chi connectivity index (χ0) is 16.8. The van der Waals surface area contributed by atoms with Crippen molar-refractivity contribution < 1.29 is 19.1 Å². The minimum atomic E-state index is -0.937. The Morgan fingerprint density at radius 3 is 2.61 bits per heavy atom. The van der Waals surface area contributed by atoms with Crippen LogP contribution in [-0.4, -0.2) is 28.5 Å². The van der Waals surface area contributed by atoms with Crippen LogP contribution in [-0.2, 0) is 16.0 Å². The smallest absolute Gasteiger partial charge is 0.305 e. The Morgan fingerprint density at radius 2 is 1.96 bits per heavy atom. The fraction of sp³-hybridized carbons (Fsp3) is 0.312. The number of nitrogens with one attached hydrogen (secondary N) is 1. The maximum atomic E-state index is 11.6. The third-order valence-electron chi connectivity index (χ3n) is 3.17. The number of halogens is 1. The van der Waals surface area contributed by atoms with Crippen molar-refractivity contribution >= 4 is 27.8 Å². The average molecular weight is 381 g/mol. The molecule has 1 amide bonds. The van der Waals surface area contributed by atoms with Gasteiger partial charge in [-0.15, -0.1) is 0 Å². The van der Waals surface area contributed by atoms with E-state index in [1.807, 2.05) is 31.2 Å². The molecule has 0 fully saturated rings. The van der Waals surface area contributed by atoms with Crippen LogP contribution in [0.3, 0.4) is 0 Å². The van der Waals surface area contributed by atoms with Gasteiger partial charge in [0.1, 0.15) is 0 Å². The SMILES string of the molecule is Cc1nc(CCC(=O)NCCC(=O)O)oc1-c1ccc(Br)cc1. The fourth-order valence-corrected chi connectivity index (χ4v) is 2.31. The lowest BCUT2D eigenvalue weighted by molar-refractivity contribution is -0.136. The zero-order valence-corrected chi connectivity index (χ0v) is 14.2. The minimum absolute atomic E-state index is 0.0857. The van der Waals surface area contributed by atoms with Crippen molar-refractivity contribution in [2.24, 2.45) is 0 Å². The minimum Gasteiger partial charge on any atom is -0.481 e. The Morgan fingerprint density at radius 1 is 1.26 bits per heavy atom. The molecular formula is C16H17BrN2O4. The molecule has 7 heteroatoms. The largest absolute Gasteiger partial charge is 0.481 e.